The van der Waals surface area contributed by atoms with Gasteiger partial charge in [-0.05, 0) is 43.5 Å². The van der Waals surface area contributed by atoms with Crippen molar-refractivity contribution >= 4 is 10.0 Å². The molecule has 1 fully saturated rings. The summed E-state index contributed by atoms with van der Waals surface area (Å²) < 4.78 is 26.2. The lowest BCUT2D eigenvalue weighted by Gasteiger charge is -2.15. The SMILES string of the molecule is CCCNCc1ccc(S(=O)(=O)N2CCCC2)cc1. The lowest BCUT2D eigenvalue weighted by atomic mass is 10.2. The van der Waals surface area contributed by atoms with Crippen LogP contribution in [0.3, 0.4) is 0 Å². The van der Waals surface area contributed by atoms with Gasteiger partial charge >= 0.3 is 0 Å². The maximum atomic E-state index is 12.3. The van der Waals surface area contributed by atoms with E-state index in [2.05, 4.69) is 12.2 Å². The molecule has 0 aromatic heterocycles. The van der Waals surface area contributed by atoms with Crippen LogP contribution in [0.5, 0.6) is 0 Å². The lowest BCUT2D eigenvalue weighted by Crippen LogP contribution is -2.27. The van der Waals surface area contributed by atoms with Crippen molar-refractivity contribution in [1.82, 2.24) is 9.62 Å². The number of hydrogen-bond acceptors (Lipinski definition) is 3. The first-order valence-corrected chi connectivity index (χ1v) is 8.38. The molecule has 0 unspecified atom stereocenters. The largest absolute Gasteiger partial charge is 0.313 e. The Morgan fingerprint density at radius 3 is 2.37 bits per heavy atom. The second kappa shape index (κ2) is 6.50. The molecule has 0 bridgehead atoms. The third-order valence-corrected chi connectivity index (χ3v) is 5.29. The first-order chi connectivity index (χ1) is 9.14. The lowest BCUT2D eigenvalue weighted by molar-refractivity contribution is 0.477. The van der Waals surface area contributed by atoms with Crippen LogP contribution >= 0.6 is 0 Å². The number of benzene rings is 1. The Balaban J connectivity index is 2.05. The fraction of sp³-hybridized carbons (Fsp3) is 0.571. The van der Waals surface area contributed by atoms with Gasteiger partial charge in [-0.3, -0.25) is 0 Å². The summed E-state index contributed by atoms with van der Waals surface area (Å²) in [5.41, 5.74) is 1.12. The van der Waals surface area contributed by atoms with Crippen molar-refractivity contribution in [2.24, 2.45) is 0 Å². The van der Waals surface area contributed by atoms with E-state index in [-0.39, 0.29) is 0 Å². The summed E-state index contributed by atoms with van der Waals surface area (Å²) in [6.07, 6.45) is 3.04. The predicted octanol–water partition coefficient (Wildman–Crippen LogP) is 1.97. The van der Waals surface area contributed by atoms with Crippen LogP contribution in [0.4, 0.5) is 0 Å². The Labute approximate surface area is 115 Å². The summed E-state index contributed by atoms with van der Waals surface area (Å²) in [5.74, 6) is 0. The van der Waals surface area contributed by atoms with E-state index >= 15 is 0 Å². The Kier molecular flexibility index (Phi) is 4.96. The number of sulfonamides is 1. The van der Waals surface area contributed by atoms with Gasteiger partial charge in [0.25, 0.3) is 0 Å². The normalized spacial score (nSPS) is 16.9. The number of rotatable bonds is 6. The molecular formula is C14H22N2O2S. The van der Waals surface area contributed by atoms with Crippen molar-refractivity contribution in [3.8, 4) is 0 Å². The Bertz CT molecular complexity index is 491. The van der Waals surface area contributed by atoms with Gasteiger partial charge in [-0.2, -0.15) is 4.31 Å². The molecule has 0 atom stereocenters. The van der Waals surface area contributed by atoms with Crippen molar-refractivity contribution in [2.45, 2.75) is 37.6 Å². The molecule has 1 saturated heterocycles. The topological polar surface area (TPSA) is 49.4 Å². The van der Waals surface area contributed by atoms with Crippen molar-refractivity contribution in [3.63, 3.8) is 0 Å². The highest BCUT2D eigenvalue weighted by molar-refractivity contribution is 7.89. The number of hydrogen-bond donors (Lipinski definition) is 1. The van der Waals surface area contributed by atoms with Crippen molar-refractivity contribution in [1.29, 1.82) is 0 Å². The van der Waals surface area contributed by atoms with Crippen LogP contribution in [-0.2, 0) is 16.6 Å². The van der Waals surface area contributed by atoms with E-state index in [1.807, 2.05) is 12.1 Å². The first-order valence-electron chi connectivity index (χ1n) is 6.94. The summed E-state index contributed by atoms with van der Waals surface area (Å²) in [6, 6.07) is 7.23. The number of nitrogens with zero attached hydrogens (tertiary/aromatic N) is 1. The third kappa shape index (κ3) is 3.55. The van der Waals surface area contributed by atoms with E-state index in [0.717, 1.165) is 37.9 Å². The fourth-order valence-electron chi connectivity index (χ4n) is 2.27. The monoisotopic (exact) mass is 282 g/mol. The van der Waals surface area contributed by atoms with Gasteiger partial charge in [0.15, 0.2) is 0 Å². The van der Waals surface area contributed by atoms with Crippen molar-refractivity contribution in [3.05, 3.63) is 29.8 Å². The van der Waals surface area contributed by atoms with E-state index in [4.69, 9.17) is 0 Å². The van der Waals surface area contributed by atoms with E-state index in [1.54, 1.807) is 16.4 Å². The molecule has 2 rings (SSSR count). The molecule has 106 valence electrons. The summed E-state index contributed by atoms with van der Waals surface area (Å²) in [7, 11) is -3.27. The van der Waals surface area contributed by atoms with E-state index in [1.165, 1.54) is 0 Å². The number of nitrogens with one attached hydrogen (secondary N) is 1. The zero-order valence-corrected chi connectivity index (χ0v) is 12.2. The predicted molar refractivity (Wildman–Crippen MR) is 76.4 cm³/mol. The maximum Gasteiger partial charge on any atom is 0.243 e. The van der Waals surface area contributed by atoms with Gasteiger partial charge in [-0.1, -0.05) is 19.1 Å². The Hall–Kier alpha value is -0.910. The van der Waals surface area contributed by atoms with Crippen molar-refractivity contribution in [2.75, 3.05) is 19.6 Å². The molecule has 1 N–H and O–H groups in total. The van der Waals surface area contributed by atoms with Crippen LogP contribution in [-0.4, -0.2) is 32.4 Å². The van der Waals surface area contributed by atoms with Crippen LogP contribution in [0.1, 0.15) is 31.7 Å². The van der Waals surface area contributed by atoms with E-state index < -0.39 is 10.0 Å². The standard InChI is InChI=1S/C14H22N2O2S/c1-2-9-15-12-13-5-7-14(8-6-13)19(17,18)16-10-3-4-11-16/h5-8,15H,2-4,9-12H2,1H3. The van der Waals surface area contributed by atoms with Gasteiger partial charge in [0.1, 0.15) is 0 Å². The van der Waals surface area contributed by atoms with Gasteiger partial charge in [-0.25, -0.2) is 8.42 Å². The van der Waals surface area contributed by atoms with Gasteiger partial charge in [-0.15, -0.1) is 0 Å². The van der Waals surface area contributed by atoms with Gasteiger partial charge in [0.2, 0.25) is 10.0 Å². The summed E-state index contributed by atoms with van der Waals surface area (Å²) in [4.78, 5) is 0.411. The summed E-state index contributed by atoms with van der Waals surface area (Å²) >= 11 is 0. The first kappa shape index (κ1) is 14.5. The van der Waals surface area contributed by atoms with Crippen molar-refractivity contribution < 1.29 is 8.42 Å². The van der Waals surface area contributed by atoms with Gasteiger partial charge < -0.3 is 5.32 Å². The molecule has 1 aliphatic heterocycles. The summed E-state index contributed by atoms with van der Waals surface area (Å²) in [6.45, 7) is 5.20. The third-order valence-electron chi connectivity index (χ3n) is 3.38. The molecule has 0 spiro atoms. The molecule has 0 radical (unpaired) electrons. The molecule has 19 heavy (non-hydrogen) atoms. The minimum absolute atomic E-state index is 0.411. The molecule has 1 heterocycles. The van der Waals surface area contributed by atoms with Crippen LogP contribution in [0.15, 0.2) is 29.2 Å². The molecule has 0 amide bonds. The van der Waals surface area contributed by atoms with Crippen LogP contribution < -0.4 is 5.32 Å². The Morgan fingerprint density at radius 1 is 1.16 bits per heavy atom. The van der Waals surface area contributed by atoms with Crippen LogP contribution in [0.2, 0.25) is 0 Å². The highest BCUT2D eigenvalue weighted by Gasteiger charge is 2.26. The minimum Gasteiger partial charge on any atom is -0.313 e. The maximum absolute atomic E-state index is 12.3. The molecule has 4 nitrogen and oxygen atoms in total. The molecule has 1 aromatic rings. The van der Waals surface area contributed by atoms with Gasteiger partial charge in [0.05, 0.1) is 4.90 Å². The smallest absolute Gasteiger partial charge is 0.243 e. The van der Waals surface area contributed by atoms with Gasteiger partial charge in [0, 0.05) is 19.6 Å². The average Bonchev–Trinajstić information content (AvgIpc) is 2.94. The average molecular weight is 282 g/mol. The highest BCUT2D eigenvalue weighted by Crippen LogP contribution is 2.20. The zero-order valence-electron chi connectivity index (χ0n) is 11.4. The van der Waals surface area contributed by atoms with Crippen LogP contribution in [0.25, 0.3) is 0 Å². The summed E-state index contributed by atoms with van der Waals surface area (Å²) in [5, 5.41) is 3.30. The highest BCUT2D eigenvalue weighted by atomic mass is 32.2. The zero-order chi connectivity index (χ0) is 13.7. The molecule has 5 heteroatoms. The molecular weight excluding hydrogens is 260 g/mol. The van der Waals surface area contributed by atoms with E-state index in [0.29, 0.717) is 18.0 Å². The molecule has 0 aliphatic carbocycles. The molecule has 1 aromatic carbocycles. The second-order valence-electron chi connectivity index (χ2n) is 4.93. The quantitative estimate of drug-likeness (QED) is 0.812. The molecule has 0 saturated carbocycles. The Morgan fingerprint density at radius 2 is 1.79 bits per heavy atom. The van der Waals surface area contributed by atoms with E-state index in [9.17, 15) is 8.42 Å². The molecule has 1 aliphatic rings. The second-order valence-corrected chi connectivity index (χ2v) is 6.87. The minimum atomic E-state index is -3.27. The van der Waals surface area contributed by atoms with Crippen LogP contribution in [0, 0.1) is 0 Å². The fourth-order valence-corrected chi connectivity index (χ4v) is 3.78.